The van der Waals surface area contributed by atoms with Gasteiger partial charge in [-0.15, -0.1) is 5.10 Å². The summed E-state index contributed by atoms with van der Waals surface area (Å²) in [5.74, 6) is 0.304. The van der Waals surface area contributed by atoms with Crippen LogP contribution in [0.2, 0.25) is 0 Å². The van der Waals surface area contributed by atoms with Gasteiger partial charge in [0.25, 0.3) is 0 Å². The van der Waals surface area contributed by atoms with Crippen LogP contribution >= 0.6 is 0 Å². The molecule has 1 amide bonds. The number of anilines is 1. The summed E-state index contributed by atoms with van der Waals surface area (Å²) >= 11 is 0. The van der Waals surface area contributed by atoms with Crippen LogP contribution in [0.25, 0.3) is 0 Å². The maximum atomic E-state index is 11.5. The monoisotopic (exact) mass is 227 g/mol. The van der Waals surface area contributed by atoms with Crippen LogP contribution < -0.4 is 16.4 Å². The normalized spacial score (nSPS) is 11.2. The predicted octanol–water partition coefficient (Wildman–Crippen LogP) is -0.288. The van der Waals surface area contributed by atoms with E-state index < -0.39 is 5.41 Å². The van der Waals surface area contributed by atoms with Crippen LogP contribution in [-0.2, 0) is 11.3 Å². The molecule has 0 aliphatic heterocycles. The Morgan fingerprint density at radius 2 is 2.19 bits per heavy atom. The van der Waals surface area contributed by atoms with Crippen molar-refractivity contribution in [3.05, 3.63) is 5.89 Å². The van der Waals surface area contributed by atoms with E-state index in [1.165, 1.54) is 0 Å². The molecule has 0 bridgehead atoms. The molecule has 4 N–H and O–H groups in total. The second-order valence-electron chi connectivity index (χ2n) is 4.02. The van der Waals surface area contributed by atoms with E-state index in [1.54, 1.807) is 7.05 Å². The van der Waals surface area contributed by atoms with Gasteiger partial charge in [-0.25, -0.2) is 0 Å². The first-order chi connectivity index (χ1) is 7.49. The molecule has 90 valence electrons. The summed E-state index contributed by atoms with van der Waals surface area (Å²) in [5.41, 5.74) is 4.78. The third kappa shape index (κ3) is 2.93. The van der Waals surface area contributed by atoms with Crippen molar-refractivity contribution in [1.29, 1.82) is 0 Å². The average molecular weight is 227 g/mol. The number of nitrogens with zero attached hydrogens (tertiary/aromatic N) is 2. The first-order valence-electron chi connectivity index (χ1n) is 4.98. The molecule has 1 aromatic rings. The van der Waals surface area contributed by atoms with Crippen molar-refractivity contribution in [3.8, 4) is 0 Å². The molecule has 7 nitrogen and oxygen atoms in total. The molecule has 0 saturated carbocycles. The number of carbonyl (C=O) groups is 1. The van der Waals surface area contributed by atoms with Crippen molar-refractivity contribution in [1.82, 2.24) is 15.5 Å². The summed E-state index contributed by atoms with van der Waals surface area (Å²) in [5, 5.41) is 12.9. The third-order valence-corrected chi connectivity index (χ3v) is 2.16. The molecule has 1 aromatic heterocycles. The molecule has 0 aromatic carbocycles. The van der Waals surface area contributed by atoms with Crippen molar-refractivity contribution in [2.24, 2.45) is 11.1 Å². The lowest BCUT2D eigenvalue weighted by Gasteiger charge is -2.21. The van der Waals surface area contributed by atoms with E-state index >= 15 is 0 Å². The van der Waals surface area contributed by atoms with E-state index in [9.17, 15) is 4.79 Å². The lowest BCUT2D eigenvalue weighted by molar-refractivity contribution is -0.128. The van der Waals surface area contributed by atoms with Crippen LogP contribution in [0.5, 0.6) is 0 Å². The molecule has 1 rings (SSSR count). The van der Waals surface area contributed by atoms with Gasteiger partial charge in [-0.2, -0.15) is 0 Å². The fourth-order valence-electron chi connectivity index (χ4n) is 1.12. The molecule has 1 heterocycles. The van der Waals surface area contributed by atoms with Crippen molar-refractivity contribution in [2.45, 2.75) is 20.4 Å². The van der Waals surface area contributed by atoms with E-state index in [1.807, 2.05) is 13.8 Å². The molecule has 7 heteroatoms. The van der Waals surface area contributed by atoms with Crippen molar-refractivity contribution in [2.75, 3.05) is 18.9 Å². The Morgan fingerprint density at radius 3 is 2.69 bits per heavy atom. The van der Waals surface area contributed by atoms with Gasteiger partial charge in [-0.3, -0.25) is 4.79 Å². The van der Waals surface area contributed by atoms with E-state index in [2.05, 4.69) is 20.8 Å². The van der Waals surface area contributed by atoms with Crippen LogP contribution in [-0.4, -0.2) is 29.7 Å². The average Bonchev–Trinajstić information content (AvgIpc) is 2.73. The Balaban J connectivity index is 2.53. The fourth-order valence-corrected chi connectivity index (χ4v) is 1.12. The Bertz CT molecular complexity index is 361. The molecule has 0 aliphatic rings. The minimum Gasteiger partial charge on any atom is -0.407 e. The highest BCUT2D eigenvalue weighted by Gasteiger charge is 2.26. The maximum absolute atomic E-state index is 11.5. The Hall–Kier alpha value is -1.63. The summed E-state index contributed by atoms with van der Waals surface area (Å²) in [6, 6.07) is 0.275. The third-order valence-electron chi connectivity index (χ3n) is 2.16. The number of carbonyl (C=O) groups excluding carboxylic acids is 1. The molecule has 0 atom stereocenters. The van der Waals surface area contributed by atoms with Crippen LogP contribution in [0.4, 0.5) is 6.01 Å². The Kier molecular flexibility index (Phi) is 3.83. The number of hydrogen-bond acceptors (Lipinski definition) is 6. The molecule has 0 fully saturated rings. The smallest absolute Gasteiger partial charge is 0.315 e. The largest absolute Gasteiger partial charge is 0.407 e. The number of rotatable bonds is 5. The molecule has 0 unspecified atom stereocenters. The van der Waals surface area contributed by atoms with Gasteiger partial charge in [-0.1, -0.05) is 5.10 Å². The second-order valence-corrected chi connectivity index (χ2v) is 4.02. The minimum absolute atomic E-state index is 0.0569. The van der Waals surface area contributed by atoms with Gasteiger partial charge in [-0.05, 0) is 13.8 Å². The number of aromatic nitrogens is 2. The standard InChI is InChI=1S/C9H17N5O2/c1-9(2,7(15)11-3)5-12-8-14-13-6(4-10)16-8/h4-5,10H2,1-3H3,(H,11,15)(H,12,14). The predicted molar refractivity (Wildman–Crippen MR) is 58.5 cm³/mol. The van der Waals surface area contributed by atoms with Gasteiger partial charge in [0.15, 0.2) is 0 Å². The SMILES string of the molecule is CNC(=O)C(C)(C)CNc1nnc(CN)o1. The van der Waals surface area contributed by atoms with Gasteiger partial charge in [0, 0.05) is 13.6 Å². The van der Waals surface area contributed by atoms with Crippen LogP contribution in [0.1, 0.15) is 19.7 Å². The summed E-state index contributed by atoms with van der Waals surface area (Å²) in [6.07, 6.45) is 0. The van der Waals surface area contributed by atoms with Gasteiger partial charge >= 0.3 is 6.01 Å². The highest BCUT2D eigenvalue weighted by molar-refractivity contribution is 5.82. The second kappa shape index (κ2) is 4.93. The molecule has 0 aliphatic carbocycles. The van der Waals surface area contributed by atoms with Crippen LogP contribution in [0, 0.1) is 5.41 Å². The Labute approximate surface area is 93.8 Å². The first kappa shape index (κ1) is 12.4. The summed E-state index contributed by atoms with van der Waals surface area (Å²) in [7, 11) is 1.60. The van der Waals surface area contributed by atoms with E-state index in [4.69, 9.17) is 10.2 Å². The molecule has 0 spiro atoms. The van der Waals surface area contributed by atoms with E-state index in [-0.39, 0.29) is 18.5 Å². The lowest BCUT2D eigenvalue weighted by Crippen LogP contribution is -2.39. The molecule has 0 radical (unpaired) electrons. The number of amides is 1. The molecule has 16 heavy (non-hydrogen) atoms. The highest BCUT2D eigenvalue weighted by Crippen LogP contribution is 2.16. The number of hydrogen-bond donors (Lipinski definition) is 3. The Morgan fingerprint density at radius 1 is 1.50 bits per heavy atom. The van der Waals surface area contributed by atoms with Crippen LogP contribution in [0.15, 0.2) is 4.42 Å². The molecular weight excluding hydrogens is 210 g/mol. The quantitative estimate of drug-likeness (QED) is 0.638. The molecular formula is C9H17N5O2. The van der Waals surface area contributed by atoms with Crippen molar-refractivity contribution >= 4 is 11.9 Å². The van der Waals surface area contributed by atoms with Gasteiger partial charge < -0.3 is 20.8 Å². The van der Waals surface area contributed by atoms with Crippen molar-refractivity contribution in [3.63, 3.8) is 0 Å². The topological polar surface area (TPSA) is 106 Å². The van der Waals surface area contributed by atoms with Gasteiger partial charge in [0.2, 0.25) is 11.8 Å². The summed E-state index contributed by atoms with van der Waals surface area (Å²) in [4.78, 5) is 11.5. The maximum Gasteiger partial charge on any atom is 0.315 e. The van der Waals surface area contributed by atoms with E-state index in [0.29, 0.717) is 12.4 Å². The molecule has 0 saturated heterocycles. The number of nitrogens with one attached hydrogen (secondary N) is 2. The first-order valence-corrected chi connectivity index (χ1v) is 4.98. The minimum atomic E-state index is -0.550. The zero-order valence-electron chi connectivity index (χ0n) is 9.70. The summed E-state index contributed by atoms with van der Waals surface area (Å²) in [6.45, 7) is 4.24. The fraction of sp³-hybridized carbons (Fsp3) is 0.667. The van der Waals surface area contributed by atoms with Crippen molar-refractivity contribution < 1.29 is 9.21 Å². The van der Waals surface area contributed by atoms with E-state index in [0.717, 1.165) is 0 Å². The van der Waals surface area contributed by atoms with Crippen LogP contribution in [0.3, 0.4) is 0 Å². The zero-order chi connectivity index (χ0) is 12.2. The lowest BCUT2D eigenvalue weighted by atomic mass is 9.92. The summed E-state index contributed by atoms with van der Waals surface area (Å²) < 4.78 is 5.15. The van der Waals surface area contributed by atoms with Gasteiger partial charge in [0.1, 0.15) is 0 Å². The van der Waals surface area contributed by atoms with Gasteiger partial charge in [0.05, 0.1) is 12.0 Å². The number of nitrogens with two attached hydrogens (primary N) is 1. The zero-order valence-corrected chi connectivity index (χ0v) is 9.70. The highest BCUT2D eigenvalue weighted by atomic mass is 16.4.